The average molecular weight is 283 g/mol. The van der Waals surface area contributed by atoms with Gasteiger partial charge in [0.2, 0.25) is 5.91 Å². The molecule has 1 aromatic rings. The molecule has 1 amide bonds. The van der Waals surface area contributed by atoms with Crippen LogP contribution >= 0.6 is 0 Å². The van der Waals surface area contributed by atoms with Gasteiger partial charge in [-0.2, -0.15) is 0 Å². The Hall–Kier alpha value is -1.37. The number of hydrogen-bond acceptors (Lipinski definition) is 4. The molecule has 6 heteroatoms. The highest BCUT2D eigenvalue weighted by atomic mass is 16.5. The molecule has 0 saturated heterocycles. The molecule has 114 valence electrons. The van der Waals surface area contributed by atoms with Crippen molar-refractivity contribution < 1.29 is 14.3 Å². The third-order valence-electron chi connectivity index (χ3n) is 2.85. The van der Waals surface area contributed by atoms with Crippen molar-refractivity contribution in [1.82, 2.24) is 15.2 Å². The molecule has 6 nitrogen and oxygen atoms in total. The third kappa shape index (κ3) is 6.18. The van der Waals surface area contributed by atoms with Crippen molar-refractivity contribution in [2.75, 3.05) is 34.0 Å². The Bertz CT molecular complexity index is 393. The van der Waals surface area contributed by atoms with Gasteiger partial charge in [0, 0.05) is 45.2 Å². The Labute approximate surface area is 120 Å². The Morgan fingerprint density at radius 3 is 2.90 bits per heavy atom. The van der Waals surface area contributed by atoms with Gasteiger partial charge < -0.3 is 24.7 Å². The van der Waals surface area contributed by atoms with E-state index in [0.29, 0.717) is 19.8 Å². The molecule has 0 fully saturated rings. The summed E-state index contributed by atoms with van der Waals surface area (Å²) in [5, 5.41) is 6.16. The van der Waals surface area contributed by atoms with Gasteiger partial charge in [-0.1, -0.05) is 0 Å². The van der Waals surface area contributed by atoms with Crippen LogP contribution in [0.4, 0.5) is 0 Å². The van der Waals surface area contributed by atoms with Crippen LogP contribution in [0.15, 0.2) is 18.3 Å². The number of hydrogen-bond donors (Lipinski definition) is 2. The van der Waals surface area contributed by atoms with E-state index in [0.717, 1.165) is 18.8 Å². The van der Waals surface area contributed by atoms with E-state index in [-0.39, 0.29) is 11.9 Å². The first-order chi connectivity index (χ1) is 9.67. The lowest BCUT2D eigenvalue weighted by Crippen LogP contribution is -2.38. The first-order valence-corrected chi connectivity index (χ1v) is 6.79. The molecule has 1 heterocycles. The summed E-state index contributed by atoms with van der Waals surface area (Å²) in [6.07, 6.45) is 1.91. The molecular weight excluding hydrogens is 258 g/mol. The summed E-state index contributed by atoms with van der Waals surface area (Å²) in [6.45, 7) is 4.95. The van der Waals surface area contributed by atoms with Crippen LogP contribution in [0.25, 0.3) is 0 Å². The van der Waals surface area contributed by atoms with Gasteiger partial charge in [0.25, 0.3) is 0 Å². The lowest BCUT2D eigenvalue weighted by molar-refractivity contribution is -0.122. The van der Waals surface area contributed by atoms with E-state index in [4.69, 9.17) is 9.47 Å². The zero-order valence-electron chi connectivity index (χ0n) is 12.5. The molecule has 20 heavy (non-hydrogen) atoms. The second-order valence-electron chi connectivity index (χ2n) is 4.72. The maximum atomic E-state index is 11.9. The zero-order valence-corrected chi connectivity index (χ0v) is 12.5. The van der Waals surface area contributed by atoms with Crippen molar-refractivity contribution in [3.8, 4) is 0 Å². The number of rotatable bonds is 10. The minimum absolute atomic E-state index is 0.0103. The van der Waals surface area contributed by atoms with Crippen LogP contribution in [0.1, 0.15) is 12.6 Å². The lowest BCUT2D eigenvalue weighted by atomic mass is 10.3. The van der Waals surface area contributed by atoms with Gasteiger partial charge >= 0.3 is 0 Å². The maximum absolute atomic E-state index is 11.9. The Morgan fingerprint density at radius 2 is 2.20 bits per heavy atom. The van der Waals surface area contributed by atoms with Gasteiger partial charge in [0.05, 0.1) is 13.2 Å². The van der Waals surface area contributed by atoms with Gasteiger partial charge in [-0.15, -0.1) is 0 Å². The summed E-state index contributed by atoms with van der Waals surface area (Å²) in [6, 6.07) is 3.97. The molecule has 0 aliphatic heterocycles. The second kappa shape index (κ2) is 9.52. The van der Waals surface area contributed by atoms with E-state index in [1.54, 1.807) is 14.2 Å². The molecule has 1 aromatic heterocycles. The molecule has 2 N–H and O–H groups in total. The Balaban J connectivity index is 2.39. The molecular formula is C14H25N3O3. The highest BCUT2D eigenvalue weighted by Crippen LogP contribution is 2.02. The van der Waals surface area contributed by atoms with Crippen molar-refractivity contribution in [3.63, 3.8) is 0 Å². The average Bonchev–Trinajstić information content (AvgIpc) is 2.82. The molecule has 0 aromatic carbocycles. The Kier molecular flexibility index (Phi) is 7.94. The minimum atomic E-state index is -0.0103. The van der Waals surface area contributed by atoms with E-state index in [1.165, 1.54) is 0 Å². The molecule has 1 rings (SSSR count). The highest BCUT2D eigenvalue weighted by Gasteiger charge is 2.09. The molecule has 0 bridgehead atoms. The minimum Gasteiger partial charge on any atom is -0.383 e. The standard InChI is InChI=1S/C14H25N3O3/c1-12(11-20-3)16-14(18)10-17-7-4-5-13(17)9-15-6-8-19-2/h4-5,7,12,15H,6,8-11H2,1-3H3,(H,16,18). The van der Waals surface area contributed by atoms with Gasteiger partial charge in [-0.3, -0.25) is 4.79 Å². The first kappa shape index (κ1) is 16.7. The van der Waals surface area contributed by atoms with Crippen molar-refractivity contribution in [1.29, 1.82) is 0 Å². The molecule has 0 saturated carbocycles. The van der Waals surface area contributed by atoms with Crippen LogP contribution < -0.4 is 10.6 Å². The summed E-state index contributed by atoms with van der Waals surface area (Å²) >= 11 is 0. The summed E-state index contributed by atoms with van der Waals surface area (Å²) in [4.78, 5) is 11.9. The van der Waals surface area contributed by atoms with Crippen LogP contribution in [0.5, 0.6) is 0 Å². The van der Waals surface area contributed by atoms with E-state index in [9.17, 15) is 4.79 Å². The van der Waals surface area contributed by atoms with Crippen LogP contribution in [0.3, 0.4) is 0 Å². The van der Waals surface area contributed by atoms with Gasteiger partial charge in [-0.05, 0) is 19.1 Å². The number of nitrogens with zero attached hydrogens (tertiary/aromatic N) is 1. The van der Waals surface area contributed by atoms with Crippen LogP contribution in [0.2, 0.25) is 0 Å². The predicted molar refractivity (Wildman–Crippen MR) is 77.5 cm³/mol. The maximum Gasteiger partial charge on any atom is 0.240 e. The lowest BCUT2D eigenvalue weighted by Gasteiger charge is -2.14. The monoisotopic (exact) mass is 283 g/mol. The predicted octanol–water partition coefficient (Wildman–Crippen LogP) is 0.375. The number of aromatic nitrogens is 1. The van der Waals surface area contributed by atoms with Crippen LogP contribution in [-0.2, 0) is 27.4 Å². The zero-order chi connectivity index (χ0) is 14.8. The van der Waals surface area contributed by atoms with Crippen molar-refractivity contribution >= 4 is 5.91 Å². The second-order valence-corrected chi connectivity index (χ2v) is 4.72. The van der Waals surface area contributed by atoms with Crippen LogP contribution in [0, 0.1) is 0 Å². The van der Waals surface area contributed by atoms with Crippen molar-refractivity contribution in [2.45, 2.75) is 26.1 Å². The summed E-state index contributed by atoms with van der Waals surface area (Å²) in [7, 11) is 3.30. The smallest absolute Gasteiger partial charge is 0.240 e. The number of ether oxygens (including phenoxy) is 2. The van der Waals surface area contributed by atoms with Gasteiger partial charge in [0.15, 0.2) is 0 Å². The van der Waals surface area contributed by atoms with E-state index < -0.39 is 0 Å². The fourth-order valence-electron chi connectivity index (χ4n) is 1.92. The SMILES string of the molecule is COCCNCc1cccn1CC(=O)NC(C)COC. The number of carbonyl (C=O) groups is 1. The molecule has 0 aliphatic carbocycles. The van der Waals surface area contributed by atoms with Crippen molar-refractivity contribution in [3.05, 3.63) is 24.0 Å². The van der Waals surface area contributed by atoms with Crippen molar-refractivity contribution in [2.24, 2.45) is 0 Å². The largest absolute Gasteiger partial charge is 0.383 e. The fourth-order valence-corrected chi connectivity index (χ4v) is 1.92. The topological polar surface area (TPSA) is 64.5 Å². The number of amides is 1. The summed E-state index contributed by atoms with van der Waals surface area (Å²) in [5.41, 5.74) is 1.08. The number of methoxy groups -OCH3 is 2. The molecule has 0 aliphatic rings. The quantitative estimate of drug-likeness (QED) is 0.609. The van der Waals surface area contributed by atoms with E-state index in [1.807, 2.05) is 29.8 Å². The molecule has 1 atom stereocenters. The van der Waals surface area contributed by atoms with E-state index in [2.05, 4.69) is 10.6 Å². The molecule has 1 unspecified atom stereocenters. The van der Waals surface area contributed by atoms with Crippen LogP contribution in [-0.4, -0.2) is 50.5 Å². The fraction of sp³-hybridized carbons (Fsp3) is 0.643. The Morgan fingerprint density at radius 1 is 1.40 bits per heavy atom. The van der Waals surface area contributed by atoms with Gasteiger partial charge in [-0.25, -0.2) is 0 Å². The summed E-state index contributed by atoms with van der Waals surface area (Å²) in [5.74, 6) is -0.0103. The summed E-state index contributed by atoms with van der Waals surface area (Å²) < 4.78 is 11.9. The number of carbonyl (C=O) groups excluding carboxylic acids is 1. The molecule has 0 spiro atoms. The first-order valence-electron chi connectivity index (χ1n) is 6.79. The van der Waals surface area contributed by atoms with E-state index >= 15 is 0 Å². The highest BCUT2D eigenvalue weighted by molar-refractivity contribution is 5.76. The van der Waals surface area contributed by atoms with Gasteiger partial charge in [0.1, 0.15) is 6.54 Å². The molecule has 0 radical (unpaired) electrons. The normalized spacial score (nSPS) is 12.3. The third-order valence-corrected chi connectivity index (χ3v) is 2.85. The number of nitrogens with one attached hydrogen (secondary N) is 2.